The molecule has 82 valence electrons. The van der Waals surface area contributed by atoms with Crippen LogP contribution in [0.4, 0.5) is 0 Å². The molecule has 2 atom stereocenters. The van der Waals surface area contributed by atoms with E-state index >= 15 is 0 Å². The Morgan fingerprint density at radius 3 is 2.86 bits per heavy atom. The van der Waals surface area contributed by atoms with Crippen LogP contribution in [0.1, 0.15) is 32.1 Å². The Kier molecular flexibility index (Phi) is 3.79. The van der Waals surface area contributed by atoms with Gasteiger partial charge in [0.15, 0.2) is 0 Å². The van der Waals surface area contributed by atoms with Crippen molar-refractivity contribution in [1.29, 1.82) is 0 Å². The van der Waals surface area contributed by atoms with Crippen LogP contribution in [-0.2, 0) is 4.74 Å². The van der Waals surface area contributed by atoms with Gasteiger partial charge in [-0.1, -0.05) is 0 Å². The van der Waals surface area contributed by atoms with Crippen LogP contribution in [0.3, 0.4) is 0 Å². The van der Waals surface area contributed by atoms with Gasteiger partial charge in [-0.3, -0.25) is 0 Å². The second-order valence-corrected chi connectivity index (χ2v) is 4.53. The lowest BCUT2D eigenvalue weighted by Crippen LogP contribution is -2.30. The molecular weight excluding hydrogens is 178 g/mol. The average molecular weight is 199 g/mol. The Labute approximate surface area is 85.8 Å². The van der Waals surface area contributed by atoms with E-state index in [4.69, 9.17) is 4.74 Å². The van der Waals surface area contributed by atoms with E-state index in [1.54, 1.807) is 0 Å². The Bertz CT molecular complexity index is 161. The largest absolute Gasteiger partial charge is 0.392 e. The van der Waals surface area contributed by atoms with Gasteiger partial charge in [-0.05, 0) is 44.6 Å². The number of hydrogen-bond donors (Lipinski definition) is 2. The molecule has 2 fully saturated rings. The molecule has 2 unspecified atom stereocenters. The number of aliphatic hydroxyl groups excluding tert-OH is 1. The summed E-state index contributed by atoms with van der Waals surface area (Å²) in [5.41, 5.74) is 0. The van der Waals surface area contributed by atoms with Gasteiger partial charge in [0.25, 0.3) is 0 Å². The van der Waals surface area contributed by atoms with Gasteiger partial charge in [-0.25, -0.2) is 0 Å². The molecule has 14 heavy (non-hydrogen) atoms. The van der Waals surface area contributed by atoms with E-state index in [2.05, 4.69) is 5.32 Å². The minimum atomic E-state index is -0.112. The molecule has 0 radical (unpaired) electrons. The Morgan fingerprint density at radius 2 is 2.21 bits per heavy atom. The van der Waals surface area contributed by atoms with E-state index in [9.17, 15) is 5.11 Å². The van der Waals surface area contributed by atoms with Gasteiger partial charge < -0.3 is 15.2 Å². The van der Waals surface area contributed by atoms with Crippen molar-refractivity contribution in [2.45, 2.75) is 44.3 Å². The zero-order valence-corrected chi connectivity index (χ0v) is 8.74. The van der Waals surface area contributed by atoms with Crippen molar-refractivity contribution in [3.05, 3.63) is 0 Å². The van der Waals surface area contributed by atoms with Crippen molar-refractivity contribution >= 4 is 0 Å². The number of ether oxygens (including phenoxy) is 1. The molecule has 1 heterocycles. The fourth-order valence-corrected chi connectivity index (χ4v) is 2.03. The lowest BCUT2D eigenvalue weighted by molar-refractivity contribution is 0.101. The third kappa shape index (κ3) is 3.23. The topological polar surface area (TPSA) is 41.5 Å². The summed E-state index contributed by atoms with van der Waals surface area (Å²) in [6.45, 7) is 2.68. The molecule has 0 aromatic rings. The summed E-state index contributed by atoms with van der Waals surface area (Å²) >= 11 is 0. The molecule has 0 spiro atoms. The van der Waals surface area contributed by atoms with Crippen molar-refractivity contribution in [3.8, 4) is 0 Å². The monoisotopic (exact) mass is 199 g/mol. The fourth-order valence-electron chi connectivity index (χ4n) is 2.03. The van der Waals surface area contributed by atoms with E-state index < -0.39 is 0 Å². The number of nitrogens with one attached hydrogen (secondary N) is 1. The summed E-state index contributed by atoms with van der Waals surface area (Å²) in [5.74, 6) is 0.588. The standard InChI is InChI=1S/C11H21NO2/c13-11(9-3-4-9)8-12-6-5-10-2-1-7-14-10/h9-13H,1-8H2. The minimum absolute atomic E-state index is 0.112. The molecule has 0 amide bonds. The molecule has 2 aliphatic rings. The van der Waals surface area contributed by atoms with Crippen LogP contribution in [0.5, 0.6) is 0 Å². The Hall–Kier alpha value is -0.120. The quantitative estimate of drug-likeness (QED) is 0.625. The highest BCUT2D eigenvalue weighted by Gasteiger charge is 2.29. The molecule has 0 aromatic heterocycles. The van der Waals surface area contributed by atoms with Crippen LogP contribution in [0.2, 0.25) is 0 Å². The highest BCUT2D eigenvalue weighted by Crippen LogP contribution is 2.32. The summed E-state index contributed by atoms with van der Waals surface area (Å²) in [6.07, 6.45) is 6.32. The molecule has 2 rings (SSSR count). The lowest BCUT2D eigenvalue weighted by Gasteiger charge is -2.12. The molecule has 1 aliphatic carbocycles. The van der Waals surface area contributed by atoms with E-state index in [0.717, 1.165) is 26.1 Å². The first-order valence-electron chi connectivity index (χ1n) is 5.86. The van der Waals surface area contributed by atoms with Gasteiger partial charge in [0.2, 0.25) is 0 Å². The maximum Gasteiger partial charge on any atom is 0.0692 e. The van der Waals surface area contributed by atoms with E-state index in [0.29, 0.717) is 12.0 Å². The molecule has 1 saturated carbocycles. The second-order valence-electron chi connectivity index (χ2n) is 4.53. The number of rotatable bonds is 6. The van der Waals surface area contributed by atoms with Gasteiger partial charge in [0.1, 0.15) is 0 Å². The number of hydrogen-bond acceptors (Lipinski definition) is 3. The van der Waals surface area contributed by atoms with Gasteiger partial charge in [0.05, 0.1) is 12.2 Å². The molecule has 3 heteroatoms. The van der Waals surface area contributed by atoms with E-state index in [-0.39, 0.29) is 6.10 Å². The first kappa shape index (κ1) is 10.4. The summed E-state index contributed by atoms with van der Waals surface area (Å²) in [6, 6.07) is 0. The first-order chi connectivity index (χ1) is 6.86. The van der Waals surface area contributed by atoms with Crippen LogP contribution in [0.25, 0.3) is 0 Å². The third-order valence-corrected chi connectivity index (χ3v) is 3.19. The van der Waals surface area contributed by atoms with Crippen molar-refractivity contribution in [2.24, 2.45) is 5.92 Å². The van der Waals surface area contributed by atoms with Crippen LogP contribution in [0.15, 0.2) is 0 Å². The molecule has 0 aromatic carbocycles. The maximum atomic E-state index is 9.59. The van der Waals surface area contributed by atoms with E-state index in [1.165, 1.54) is 25.7 Å². The average Bonchev–Trinajstić information content (AvgIpc) is 2.92. The van der Waals surface area contributed by atoms with Crippen LogP contribution in [-0.4, -0.2) is 37.0 Å². The highest BCUT2D eigenvalue weighted by molar-refractivity contribution is 4.82. The van der Waals surface area contributed by atoms with Gasteiger partial charge in [0, 0.05) is 13.2 Å². The zero-order valence-electron chi connectivity index (χ0n) is 8.74. The van der Waals surface area contributed by atoms with Crippen LogP contribution in [0, 0.1) is 5.92 Å². The first-order valence-corrected chi connectivity index (χ1v) is 5.86. The summed E-state index contributed by atoms with van der Waals surface area (Å²) < 4.78 is 5.52. The van der Waals surface area contributed by atoms with Gasteiger partial charge >= 0.3 is 0 Å². The maximum absolute atomic E-state index is 9.59. The summed E-state index contributed by atoms with van der Waals surface area (Å²) in [5, 5.41) is 12.9. The van der Waals surface area contributed by atoms with Gasteiger partial charge in [-0.15, -0.1) is 0 Å². The smallest absolute Gasteiger partial charge is 0.0692 e. The Balaban J connectivity index is 1.46. The third-order valence-electron chi connectivity index (χ3n) is 3.19. The van der Waals surface area contributed by atoms with Crippen LogP contribution >= 0.6 is 0 Å². The molecular formula is C11H21NO2. The minimum Gasteiger partial charge on any atom is -0.392 e. The fraction of sp³-hybridized carbons (Fsp3) is 1.00. The molecule has 0 bridgehead atoms. The SMILES string of the molecule is OC(CNCCC1CCCO1)C1CC1. The molecule has 1 saturated heterocycles. The highest BCUT2D eigenvalue weighted by atomic mass is 16.5. The number of aliphatic hydroxyl groups is 1. The lowest BCUT2D eigenvalue weighted by atomic mass is 10.2. The normalized spacial score (nSPS) is 29.4. The predicted octanol–water partition coefficient (Wildman–Crippen LogP) is 0.916. The second kappa shape index (κ2) is 5.10. The predicted molar refractivity (Wildman–Crippen MR) is 55.2 cm³/mol. The summed E-state index contributed by atoms with van der Waals surface area (Å²) in [4.78, 5) is 0. The van der Waals surface area contributed by atoms with Crippen molar-refractivity contribution in [3.63, 3.8) is 0 Å². The van der Waals surface area contributed by atoms with Gasteiger partial charge in [-0.2, -0.15) is 0 Å². The zero-order chi connectivity index (χ0) is 9.80. The molecule has 2 N–H and O–H groups in total. The van der Waals surface area contributed by atoms with Crippen LogP contribution < -0.4 is 5.32 Å². The molecule has 3 nitrogen and oxygen atoms in total. The molecule has 1 aliphatic heterocycles. The Morgan fingerprint density at radius 1 is 1.36 bits per heavy atom. The van der Waals surface area contributed by atoms with Crippen molar-refractivity contribution in [1.82, 2.24) is 5.32 Å². The van der Waals surface area contributed by atoms with E-state index in [1.807, 2.05) is 0 Å². The summed E-state index contributed by atoms with van der Waals surface area (Å²) in [7, 11) is 0. The van der Waals surface area contributed by atoms with Crippen molar-refractivity contribution < 1.29 is 9.84 Å². The van der Waals surface area contributed by atoms with Crippen molar-refractivity contribution in [2.75, 3.05) is 19.7 Å².